The molecular weight excluding hydrogens is 248 g/mol. The number of nitrogens with two attached hydrogens (primary N) is 1. The van der Waals surface area contributed by atoms with E-state index in [1.165, 1.54) is 31.2 Å². The molecule has 1 aliphatic heterocycles. The van der Waals surface area contributed by atoms with Gasteiger partial charge in [-0.2, -0.15) is 0 Å². The third kappa shape index (κ3) is 2.99. The van der Waals surface area contributed by atoms with Crippen molar-refractivity contribution < 1.29 is 4.74 Å². The average molecular weight is 274 g/mol. The second-order valence-electron chi connectivity index (χ2n) is 6.37. The third-order valence-electron chi connectivity index (χ3n) is 4.84. The van der Waals surface area contributed by atoms with Crippen LogP contribution in [0.1, 0.15) is 38.2 Å². The van der Waals surface area contributed by atoms with Gasteiger partial charge in [0.15, 0.2) is 0 Å². The lowest BCUT2D eigenvalue weighted by Crippen LogP contribution is -2.37. The number of benzene rings is 1. The molecule has 1 atom stereocenters. The van der Waals surface area contributed by atoms with Gasteiger partial charge in [-0.3, -0.25) is 0 Å². The zero-order chi connectivity index (χ0) is 14.0. The molecule has 2 aliphatic rings. The van der Waals surface area contributed by atoms with E-state index >= 15 is 0 Å². The molecule has 0 aromatic heterocycles. The molecule has 1 heterocycles. The number of anilines is 1. The standard InChI is InChI=1S/C17H26N2O/c1-2-19(12-16-4-3-11-20-16)13-17(9-10-17)14-5-7-15(18)8-6-14/h5-8,16H,2-4,9-13,18H2,1H3. The van der Waals surface area contributed by atoms with Gasteiger partial charge in [-0.15, -0.1) is 0 Å². The maximum absolute atomic E-state index is 5.80. The Bertz CT molecular complexity index is 433. The molecule has 1 aromatic carbocycles. The van der Waals surface area contributed by atoms with Gasteiger partial charge in [-0.05, 0) is 49.9 Å². The summed E-state index contributed by atoms with van der Waals surface area (Å²) in [4.78, 5) is 2.57. The molecule has 1 saturated carbocycles. The summed E-state index contributed by atoms with van der Waals surface area (Å²) in [5.74, 6) is 0. The summed E-state index contributed by atoms with van der Waals surface area (Å²) >= 11 is 0. The molecule has 1 saturated heterocycles. The Kier molecular flexibility index (Phi) is 3.99. The lowest BCUT2D eigenvalue weighted by atomic mass is 9.95. The second kappa shape index (κ2) is 5.74. The highest BCUT2D eigenvalue weighted by Crippen LogP contribution is 2.48. The summed E-state index contributed by atoms with van der Waals surface area (Å²) in [7, 11) is 0. The average Bonchev–Trinajstić information content (AvgIpc) is 3.05. The van der Waals surface area contributed by atoms with Crippen molar-refractivity contribution in [1.29, 1.82) is 0 Å². The molecule has 1 aliphatic carbocycles. The topological polar surface area (TPSA) is 38.5 Å². The van der Waals surface area contributed by atoms with E-state index in [0.29, 0.717) is 11.5 Å². The predicted molar refractivity (Wildman–Crippen MR) is 82.9 cm³/mol. The smallest absolute Gasteiger partial charge is 0.0702 e. The zero-order valence-electron chi connectivity index (χ0n) is 12.5. The van der Waals surface area contributed by atoms with Gasteiger partial charge < -0.3 is 15.4 Å². The van der Waals surface area contributed by atoms with Crippen molar-refractivity contribution in [2.24, 2.45) is 0 Å². The monoisotopic (exact) mass is 274 g/mol. The van der Waals surface area contributed by atoms with Crippen LogP contribution in [0, 0.1) is 0 Å². The molecule has 0 radical (unpaired) electrons. The van der Waals surface area contributed by atoms with Crippen LogP contribution in [0.15, 0.2) is 24.3 Å². The van der Waals surface area contributed by atoms with E-state index in [0.717, 1.165) is 31.9 Å². The molecule has 3 heteroatoms. The van der Waals surface area contributed by atoms with Gasteiger partial charge in [0.05, 0.1) is 6.10 Å². The Balaban J connectivity index is 1.63. The van der Waals surface area contributed by atoms with Crippen LogP contribution in [-0.2, 0) is 10.2 Å². The van der Waals surface area contributed by atoms with E-state index in [1.807, 2.05) is 12.1 Å². The van der Waals surface area contributed by atoms with E-state index in [9.17, 15) is 0 Å². The Morgan fingerprint density at radius 2 is 2.05 bits per heavy atom. The maximum atomic E-state index is 5.80. The molecular formula is C17H26N2O. The highest BCUT2D eigenvalue weighted by atomic mass is 16.5. The predicted octanol–water partition coefficient (Wildman–Crippen LogP) is 2.80. The lowest BCUT2D eigenvalue weighted by molar-refractivity contribution is 0.0717. The quantitative estimate of drug-likeness (QED) is 0.811. The summed E-state index contributed by atoms with van der Waals surface area (Å²) in [5.41, 5.74) is 8.49. The summed E-state index contributed by atoms with van der Waals surface area (Å²) in [6, 6.07) is 8.49. The van der Waals surface area contributed by atoms with Crippen molar-refractivity contribution in [3.8, 4) is 0 Å². The summed E-state index contributed by atoms with van der Waals surface area (Å²) < 4.78 is 5.78. The van der Waals surface area contributed by atoms with Crippen LogP contribution in [0.4, 0.5) is 5.69 Å². The van der Waals surface area contributed by atoms with E-state index in [2.05, 4.69) is 24.0 Å². The van der Waals surface area contributed by atoms with Crippen LogP contribution >= 0.6 is 0 Å². The van der Waals surface area contributed by atoms with Crippen LogP contribution in [0.5, 0.6) is 0 Å². The van der Waals surface area contributed by atoms with Gasteiger partial charge in [-0.1, -0.05) is 19.1 Å². The fraction of sp³-hybridized carbons (Fsp3) is 0.647. The van der Waals surface area contributed by atoms with Crippen LogP contribution in [-0.4, -0.2) is 37.2 Å². The van der Waals surface area contributed by atoms with Crippen LogP contribution in [0.3, 0.4) is 0 Å². The van der Waals surface area contributed by atoms with Crippen molar-refractivity contribution in [1.82, 2.24) is 4.90 Å². The van der Waals surface area contributed by atoms with Crippen molar-refractivity contribution in [3.05, 3.63) is 29.8 Å². The summed E-state index contributed by atoms with van der Waals surface area (Å²) in [6.45, 7) is 6.57. The number of hydrogen-bond acceptors (Lipinski definition) is 3. The van der Waals surface area contributed by atoms with E-state index < -0.39 is 0 Å². The van der Waals surface area contributed by atoms with Gasteiger partial charge in [-0.25, -0.2) is 0 Å². The second-order valence-corrected chi connectivity index (χ2v) is 6.37. The van der Waals surface area contributed by atoms with Crippen LogP contribution in [0.25, 0.3) is 0 Å². The molecule has 0 spiro atoms. The van der Waals surface area contributed by atoms with Gasteiger partial charge in [0.25, 0.3) is 0 Å². The largest absolute Gasteiger partial charge is 0.399 e. The van der Waals surface area contributed by atoms with E-state index in [4.69, 9.17) is 10.5 Å². The Labute approximate surface area is 122 Å². The van der Waals surface area contributed by atoms with Crippen molar-refractivity contribution >= 4 is 5.69 Å². The van der Waals surface area contributed by atoms with Crippen LogP contribution < -0.4 is 5.73 Å². The minimum absolute atomic E-state index is 0.377. The first-order chi connectivity index (χ1) is 9.72. The van der Waals surface area contributed by atoms with Crippen LogP contribution in [0.2, 0.25) is 0 Å². The third-order valence-corrected chi connectivity index (χ3v) is 4.84. The summed E-state index contributed by atoms with van der Waals surface area (Å²) in [5, 5.41) is 0. The Hall–Kier alpha value is -1.06. The van der Waals surface area contributed by atoms with Crippen molar-refractivity contribution in [2.75, 3.05) is 32.0 Å². The zero-order valence-corrected chi connectivity index (χ0v) is 12.5. The first kappa shape index (κ1) is 13.9. The highest BCUT2D eigenvalue weighted by Gasteiger charge is 2.45. The molecule has 110 valence electrons. The first-order valence-electron chi connectivity index (χ1n) is 7.92. The van der Waals surface area contributed by atoms with E-state index in [-0.39, 0.29) is 0 Å². The summed E-state index contributed by atoms with van der Waals surface area (Å²) in [6.07, 6.45) is 5.52. The van der Waals surface area contributed by atoms with E-state index in [1.54, 1.807) is 0 Å². The highest BCUT2D eigenvalue weighted by molar-refractivity contribution is 5.43. The number of rotatable bonds is 6. The molecule has 20 heavy (non-hydrogen) atoms. The molecule has 3 rings (SSSR count). The molecule has 1 unspecified atom stereocenters. The van der Waals surface area contributed by atoms with Gasteiger partial charge in [0.2, 0.25) is 0 Å². The molecule has 0 amide bonds. The molecule has 1 aromatic rings. The lowest BCUT2D eigenvalue weighted by Gasteiger charge is -2.28. The molecule has 2 N–H and O–H groups in total. The molecule has 3 nitrogen and oxygen atoms in total. The van der Waals surface area contributed by atoms with Crippen molar-refractivity contribution in [2.45, 2.75) is 44.1 Å². The molecule has 0 bridgehead atoms. The number of ether oxygens (including phenoxy) is 1. The maximum Gasteiger partial charge on any atom is 0.0702 e. The fourth-order valence-corrected chi connectivity index (χ4v) is 3.34. The molecule has 2 fully saturated rings. The van der Waals surface area contributed by atoms with Gasteiger partial charge >= 0.3 is 0 Å². The number of likely N-dealkylation sites (N-methyl/N-ethyl adjacent to an activating group) is 1. The van der Waals surface area contributed by atoms with Gasteiger partial charge in [0, 0.05) is 30.8 Å². The minimum Gasteiger partial charge on any atom is -0.399 e. The number of hydrogen-bond donors (Lipinski definition) is 1. The SMILES string of the molecule is CCN(CC1CCCO1)CC1(c2ccc(N)cc2)CC1. The number of nitrogens with zero attached hydrogens (tertiary/aromatic N) is 1. The minimum atomic E-state index is 0.377. The Morgan fingerprint density at radius 1 is 1.30 bits per heavy atom. The van der Waals surface area contributed by atoms with Gasteiger partial charge in [0.1, 0.15) is 0 Å². The fourth-order valence-electron chi connectivity index (χ4n) is 3.34. The number of nitrogen functional groups attached to an aromatic ring is 1. The first-order valence-corrected chi connectivity index (χ1v) is 7.92. The normalized spacial score (nSPS) is 24.2. The Morgan fingerprint density at radius 3 is 2.60 bits per heavy atom. The van der Waals surface area contributed by atoms with Crippen molar-refractivity contribution in [3.63, 3.8) is 0 Å².